The fraction of sp³-hybridized carbons (Fsp3) is 0.286. The maximum atomic E-state index is 12.7. The number of aromatic nitrogens is 1. The van der Waals surface area contributed by atoms with Crippen molar-refractivity contribution in [1.82, 2.24) is 10.3 Å². The largest absolute Gasteiger partial charge is 0.494 e. The van der Waals surface area contributed by atoms with E-state index in [1.807, 2.05) is 55.6 Å². The van der Waals surface area contributed by atoms with E-state index in [1.54, 1.807) is 11.3 Å². The summed E-state index contributed by atoms with van der Waals surface area (Å²) in [5.74, 6) is 0.225. The van der Waals surface area contributed by atoms with Crippen LogP contribution >= 0.6 is 22.7 Å². The Bertz CT molecular complexity index is 996. The van der Waals surface area contributed by atoms with Crippen LogP contribution in [0.4, 0.5) is 5.13 Å². The molecule has 1 atom stereocenters. The molecule has 3 aromatic rings. The molecule has 0 radical (unpaired) electrons. The molecule has 0 spiro atoms. The third-order valence-electron chi connectivity index (χ3n) is 4.10. The van der Waals surface area contributed by atoms with E-state index in [0.717, 1.165) is 16.1 Å². The normalized spacial score (nSPS) is 11.7. The average molecular weight is 430 g/mol. The SMILES string of the molecule is CCOc1ccccc1C(CC(=O)Nc1nc(-c2ccc(C)s2)cs1)NC(C)=O. The number of carbonyl (C=O) groups is 2. The van der Waals surface area contributed by atoms with Crippen molar-refractivity contribution in [3.05, 3.63) is 52.2 Å². The molecule has 1 aromatic carbocycles. The van der Waals surface area contributed by atoms with E-state index < -0.39 is 6.04 Å². The number of amides is 2. The second-order valence-corrected chi connectivity index (χ2v) is 8.57. The number of thiazole rings is 1. The van der Waals surface area contributed by atoms with Gasteiger partial charge < -0.3 is 15.4 Å². The molecule has 1 unspecified atom stereocenters. The van der Waals surface area contributed by atoms with Gasteiger partial charge in [0.15, 0.2) is 5.13 Å². The first-order valence-corrected chi connectivity index (χ1v) is 11.0. The maximum Gasteiger partial charge on any atom is 0.228 e. The molecule has 3 rings (SSSR count). The number of para-hydroxylation sites is 1. The van der Waals surface area contributed by atoms with Crippen molar-refractivity contribution in [2.24, 2.45) is 0 Å². The molecule has 2 heterocycles. The lowest BCUT2D eigenvalue weighted by Crippen LogP contribution is -2.30. The second kappa shape index (κ2) is 9.67. The minimum absolute atomic E-state index is 0.0801. The lowest BCUT2D eigenvalue weighted by molar-refractivity contribution is -0.120. The Morgan fingerprint density at radius 3 is 2.69 bits per heavy atom. The molecule has 0 saturated heterocycles. The molecule has 0 aliphatic carbocycles. The van der Waals surface area contributed by atoms with E-state index >= 15 is 0 Å². The number of aryl methyl sites for hydroxylation is 1. The number of nitrogens with zero attached hydrogens (tertiary/aromatic N) is 1. The van der Waals surface area contributed by atoms with Gasteiger partial charge in [-0.1, -0.05) is 18.2 Å². The van der Waals surface area contributed by atoms with Crippen molar-refractivity contribution < 1.29 is 14.3 Å². The van der Waals surface area contributed by atoms with Gasteiger partial charge in [0, 0.05) is 22.7 Å². The summed E-state index contributed by atoms with van der Waals surface area (Å²) in [6.07, 6.45) is 0.0801. The Morgan fingerprint density at radius 1 is 1.21 bits per heavy atom. The molecule has 2 aromatic heterocycles. The Kier molecular flexibility index (Phi) is 7.00. The quantitative estimate of drug-likeness (QED) is 0.540. The lowest BCUT2D eigenvalue weighted by atomic mass is 10.0. The number of benzene rings is 1. The van der Waals surface area contributed by atoms with E-state index in [-0.39, 0.29) is 18.2 Å². The van der Waals surface area contributed by atoms with E-state index in [0.29, 0.717) is 17.5 Å². The third kappa shape index (κ3) is 5.65. The summed E-state index contributed by atoms with van der Waals surface area (Å²) in [4.78, 5) is 31.2. The maximum absolute atomic E-state index is 12.7. The minimum atomic E-state index is -0.491. The number of nitrogens with one attached hydrogen (secondary N) is 2. The van der Waals surface area contributed by atoms with Crippen molar-refractivity contribution in [3.63, 3.8) is 0 Å². The fourth-order valence-electron chi connectivity index (χ4n) is 2.91. The number of hydrogen-bond acceptors (Lipinski definition) is 6. The predicted molar refractivity (Wildman–Crippen MR) is 118 cm³/mol. The molecule has 0 saturated carbocycles. The zero-order valence-corrected chi connectivity index (χ0v) is 18.2. The van der Waals surface area contributed by atoms with Gasteiger partial charge in [-0.15, -0.1) is 22.7 Å². The molecule has 0 aliphatic heterocycles. The molecule has 0 fully saturated rings. The van der Waals surface area contributed by atoms with E-state index in [2.05, 4.69) is 15.6 Å². The molecule has 8 heteroatoms. The third-order valence-corrected chi connectivity index (χ3v) is 5.89. The van der Waals surface area contributed by atoms with E-state index in [4.69, 9.17) is 4.74 Å². The van der Waals surface area contributed by atoms with Crippen LogP contribution in [0, 0.1) is 6.92 Å². The zero-order chi connectivity index (χ0) is 20.8. The fourth-order valence-corrected chi connectivity index (χ4v) is 4.54. The van der Waals surface area contributed by atoms with Gasteiger partial charge in [-0.3, -0.25) is 9.59 Å². The number of ether oxygens (including phenoxy) is 1. The molecule has 6 nitrogen and oxygen atoms in total. The monoisotopic (exact) mass is 429 g/mol. The summed E-state index contributed by atoms with van der Waals surface area (Å²) in [5.41, 5.74) is 1.62. The van der Waals surface area contributed by atoms with Gasteiger partial charge in [-0.2, -0.15) is 0 Å². The smallest absolute Gasteiger partial charge is 0.228 e. The van der Waals surface area contributed by atoms with Gasteiger partial charge in [0.1, 0.15) is 5.75 Å². The topological polar surface area (TPSA) is 80.3 Å². The van der Waals surface area contributed by atoms with Crippen LogP contribution in [0.25, 0.3) is 10.6 Å². The van der Waals surface area contributed by atoms with Crippen molar-refractivity contribution in [3.8, 4) is 16.3 Å². The van der Waals surface area contributed by atoms with Crippen molar-refractivity contribution in [2.75, 3.05) is 11.9 Å². The van der Waals surface area contributed by atoms with Crippen molar-refractivity contribution >= 4 is 39.6 Å². The molecule has 0 aliphatic rings. The van der Waals surface area contributed by atoms with Crippen LogP contribution in [-0.4, -0.2) is 23.4 Å². The minimum Gasteiger partial charge on any atom is -0.494 e. The highest BCUT2D eigenvalue weighted by atomic mass is 32.1. The summed E-state index contributed by atoms with van der Waals surface area (Å²) >= 11 is 3.05. The molecule has 0 bridgehead atoms. The van der Waals surface area contributed by atoms with Gasteiger partial charge in [-0.05, 0) is 32.0 Å². The standard InChI is InChI=1S/C21H23N3O3S2/c1-4-27-18-8-6-5-7-15(18)16(22-14(3)25)11-20(26)24-21-23-17(12-28-21)19-10-9-13(2)29-19/h5-10,12,16H,4,11H2,1-3H3,(H,22,25)(H,23,24,26). The number of thiophene rings is 1. The van der Waals surface area contributed by atoms with Crippen LogP contribution < -0.4 is 15.4 Å². The van der Waals surface area contributed by atoms with Crippen LogP contribution in [0.5, 0.6) is 5.75 Å². The van der Waals surface area contributed by atoms with Gasteiger partial charge in [0.2, 0.25) is 11.8 Å². The van der Waals surface area contributed by atoms with Crippen molar-refractivity contribution in [1.29, 1.82) is 0 Å². The summed E-state index contributed by atoms with van der Waals surface area (Å²) in [6, 6.07) is 11.0. The number of rotatable bonds is 8. The number of carbonyl (C=O) groups excluding carboxylic acids is 2. The van der Waals surface area contributed by atoms with Gasteiger partial charge in [0.05, 0.1) is 29.6 Å². The van der Waals surface area contributed by atoms with Gasteiger partial charge in [-0.25, -0.2) is 4.98 Å². The molecule has 2 amide bonds. The van der Waals surface area contributed by atoms with E-state index in [1.165, 1.54) is 23.1 Å². The van der Waals surface area contributed by atoms with Crippen LogP contribution in [-0.2, 0) is 9.59 Å². The molecule has 2 N–H and O–H groups in total. The average Bonchev–Trinajstić information content (AvgIpc) is 3.30. The zero-order valence-electron chi connectivity index (χ0n) is 16.5. The highest BCUT2D eigenvalue weighted by molar-refractivity contribution is 7.17. The van der Waals surface area contributed by atoms with Crippen LogP contribution in [0.3, 0.4) is 0 Å². The highest BCUT2D eigenvalue weighted by Crippen LogP contribution is 2.31. The Labute approximate surface area is 178 Å². The first kappa shape index (κ1) is 21.0. The molecular formula is C21H23N3O3S2. The van der Waals surface area contributed by atoms with Crippen LogP contribution in [0.15, 0.2) is 41.8 Å². The van der Waals surface area contributed by atoms with Gasteiger partial charge >= 0.3 is 0 Å². The van der Waals surface area contributed by atoms with E-state index in [9.17, 15) is 9.59 Å². The highest BCUT2D eigenvalue weighted by Gasteiger charge is 2.21. The summed E-state index contributed by atoms with van der Waals surface area (Å²) in [7, 11) is 0. The van der Waals surface area contributed by atoms with Crippen LogP contribution in [0.1, 0.15) is 36.8 Å². The first-order chi connectivity index (χ1) is 14.0. The summed E-state index contributed by atoms with van der Waals surface area (Å²) in [6.45, 7) is 5.88. The Hall–Kier alpha value is -2.71. The molecule has 29 heavy (non-hydrogen) atoms. The second-order valence-electron chi connectivity index (χ2n) is 6.42. The lowest BCUT2D eigenvalue weighted by Gasteiger charge is -2.20. The first-order valence-electron chi connectivity index (χ1n) is 9.27. The molecular weight excluding hydrogens is 406 g/mol. The van der Waals surface area contributed by atoms with Gasteiger partial charge in [0.25, 0.3) is 0 Å². The summed E-state index contributed by atoms with van der Waals surface area (Å²) < 4.78 is 5.66. The Morgan fingerprint density at radius 2 is 2.00 bits per heavy atom. The van der Waals surface area contributed by atoms with Crippen LogP contribution in [0.2, 0.25) is 0 Å². The predicted octanol–water partition coefficient (Wildman–Crippen LogP) is 4.78. The number of anilines is 1. The Balaban J connectivity index is 1.72. The summed E-state index contributed by atoms with van der Waals surface area (Å²) in [5, 5.41) is 8.16. The molecule has 152 valence electrons. The number of hydrogen-bond donors (Lipinski definition) is 2. The van der Waals surface area contributed by atoms with Crippen molar-refractivity contribution in [2.45, 2.75) is 33.2 Å².